The Kier molecular flexibility index (Phi) is 4.82. The molecule has 21 heavy (non-hydrogen) atoms. The topological polar surface area (TPSA) is 54.0 Å². The van der Waals surface area contributed by atoms with Gasteiger partial charge in [0.2, 0.25) is 5.79 Å². The molecule has 3 aliphatic rings. The summed E-state index contributed by atoms with van der Waals surface area (Å²) in [5.74, 6) is 0.0598. The van der Waals surface area contributed by atoms with Crippen molar-refractivity contribution < 1.29 is 24.0 Å². The number of hydrogen-bond acceptors (Lipinski definition) is 5. The lowest BCUT2D eigenvalue weighted by Gasteiger charge is -2.48. The van der Waals surface area contributed by atoms with Crippen molar-refractivity contribution in [2.75, 3.05) is 13.2 Å². The molecule has 2 saturated heterocycles. The van der Waals surface area contributed by atoms with Crippen LogP contribution in [0.15, 0.2) is 0 Å². The van der Waals surface area contributed by atoms with E-state index in [0.717, 1.165) is 45.1 Å². The highest BCUT2D eigenvalue weighted by atomic mass is 17.2. The van der Waals surface area contributed by atoms with Crippen molar-refractivity contribution in [1.29, 1.82) is 0 Å². The van der Waals surface area contributed by atoms with Gasteiger partial charge in [-0.2, -0.15) is 0 Å². The molecule has 0 radical (unpaired) electrons. The van der Waals surface area contributed by atoms with E-state index < -0.39 is 5.79 Å². The Morgan fingerprint density at radius 3 is 2.71 bits per heavy atom. The average Bonchev–Trinajstić information content (AvgIpc) is 2.66. The Bertz CT molecular complexity index is 370. The zero-order chi connectivity index (χ0) is 14.7. The predicted molar refractivity (Wildman–Crippen MR) is 75.2 cm³/mol. The van der Waals surface area contributed by atoms with E-state index >= 15 is 0 Å². The number of carbonyl (C=O) groups is 1. The fourth-order valence-corrected chi connectivity index (χ4v) is 4.11. The number of esters is 1. The van der Waals surface area contributed by atoms with Gasteiger partial charge in [-0.05, 0) is 45.4 Å². The summed E-state index contributed by atoms with van der Waals surface area (Å²) in [5.41, 5.74) is 0. The molecule has 1 aliphatic carbocycles. The fraction of sp³-hybridized carbons (Fsp3) is 0.938. The quantitative estimate of drug-likeness (QED) is 0.592. The normalized spacial score (nSPS) is 39.8. The van der Waals surface area contributed by atoms with Crippen LogP contribution in [0.3, 0.4) is 0 Å². The lowest BCUT2D eigenvalue weighted by molar-refractivity contribution is -0.474. The second kappa shape index (κ2) is 6.63. The standard InChI is InChI=1S/C16H26O5/c1-2-18-15(17)11-14-9-8-13-6-3-5-12-7-4-10-19-16(12,13)21-20-14/h12-14H,2-11H2,1H3. The first-order valence-electron chi connectivity index (χ1n) is 8.38. The van der Waals surface area contributed by atoms with E-state index in [9.17, 15) is 4.79 Å². The zero-order valence-corrected chi connectivity index (χ0v) is 12.8. The minimum Gasteiger partial charge on any atom is -0.466 e. The molecule has 0 bridgehead atoms. The predicted octanol–water partition coefficient (Wildman–Crippen LogP) is 2.97. The van der Waals surface area contributed by atoms with E-state index in [2.05, 4.69) is 0 Å². The molecule has 1 spiro atoms. The summed E-state index contributed by atoms with van der Waals surface area (Å²) in [6.45, 7) is 2.97. The van der Waals surface area contributed by atoms with Gasteiger partial charge in [0.15, 0.2) is 0 Å². The molecule has 2 aliphatic heterocycles. The smallest absolute Gasteiger partial charge is 0.308 e. The van der Waals surface area contributed by atoms with Crippen molar-refractivity contribution in [2.24, 2.45) is 11.8 Å². The number of rotatable bonds is 3. The van der Waals surface area contributed by atoms with E-state index in [4.69, 9.17) is 19.2 Å². The highest BCUT2D eigenvalue weighted by Crippen LogP contribution is 2.50. The Labute approximate surface area is 126 Å². The van der Waals surface area contributed by atoms with Crippen LogP contribution < -0.4 is 0 Å². The van der Waals surface area contributed by atoms with E-state index in [-0.39, 0.29) is 18.5 Å². The van der Waals surface area contributed by atoms with Crippen LogP contribution in [0.4, 0.5) is 0 Å². The first-order chi connectivity index (χ1) is 10.2. The van der Waals surface area contributed by atoms with Gasteiger partial charge in [-0.1, -0.05) is 6.42 Å². The van der Waals surface area contributed by atoms with Gasteiger partial charge >= 0.3 is 5.97 Å². The molecule has 1 saturated carbocycles. The molecule has 5 nitrogen and oxygen atoms in total. The lowest BCUT2D eigenvalue weighted by atomic mass is 9.71. The van der Waals surface area contributed by atoms with Gasteiger partial charge in [0.05, 0.1) is 19.6 Å². The summed E-state index contributed by atoms with van der Waals surface area (Å²) in [4.78, 5) is 23.1. The third-order valence-corrected chi connectivity index (χ3v) is 5.12. The summed E-state index contributed by atoms with van der Waals surface area (Å²) in [6, 6.07) is 0. The van der Waals surface area contributed by atoms with Crippen LogP contribution in [0.1, 0.15) is 58.3 Å². The van der Waals surface area contributed by atoms with Gasteiger partial charge in [-0.15, -0.1) is 0 Å². The molecule has 4 unspecified atom stereocenters. The zero-order valence-electron chi connectivity index (χ0n) is 12.8. The molecule has 0 aromatic carbocycles. The van der Waals surface area contributed by atoms with Crippen molar-refractivity contribution in [2.45, 2.75) is 70.2 Å². The lowest BCUT2D eigenvalue weighted by Crippen LogP contribution is -2.54. The summed E-state index contributed by atoms with van der Waals surface area (Å²) in [6.07, 6.45) is 7.68. The highest BCUT2D eigenvalue weighted by molar-refractivity contribution is 5.69. The molecule has 0 aromatic rings. The van der Waals surface area contributed by atoms with Crippen LogP contribution in [0.2, 0.25) is 0 Å². The second-order valence-electron chi connectivity index (χ2n) is 6.42. The fourth-order valence-electron chi connectivity index (χ4n) is 4.11. The number of carbonyl (C=O) groups excluding carboxylic acids is 1. The van der Waals surface area contributed by atoms with Gasteiger partial charge in [0.25, 0.3) is 0 Å². The monoisotopic (exact) mass is 298 g/mol. The third kappa shape index (κ3) is 3.10. The van der Waals surface area contributed by atoms with Gasteiger partial charge in [0, 0.05) is 11.8 Å². The van der Waals surface area contributed by atoms with Crippen molar-refractivity contribution >= 4 is 5.97 Å². The molecule has 0 N–H and O–H groups in total. The summed E-state index contributed by atoms with van der Waals surface area (Å²) in [5, 5.41) is 0. The molecule has 0 amide bonds. The van der Waals surface area contributed by atoms with Crippen molar-refractivity contribution in [1.82, 2.24) is 0 Å². The maximum Gasteiger partial charge on any atom is 0.308 e. The maximum atomic E-state index is 11.6. The molecule has 4 atom stereocenters. The molecule has 3 rings (SSSR count). The minimum atomic E-state index is -0.556. The van der Waals surface area contributed by atoms with Gasteiger partial charge in [0.1, 0.15) is 6.10 Å². The van der Waals surface area contributed by atoms with Crippen molar-refractivity contribution in [3.63, 3.8) is 0 Å². The minimum absolute atomic E-state index is 0.213. The second-order valence-corrected chi connectivity index (χ2v) is 6.42. The molecule has 0 aromatic heterocycles. The van der Waals surface area contributed by atoms with Crippen LogP contribution in [0.25, 0.3) is 0 Å². The molecule has 3 fully saturated rings. The highest BCUT2D eigenvalue weighted by Gasteiger charge is 2.54. The summed E-state index contributed by atoms with van der Waals surface area (Å²) in [7, 11) is 0. The maximum absolute atomic E-state index is 11.6. The number of hydrogen-bond donors (Lipinski definition) is 0. The summed E-state index contributed by atoms with van der Waals surface area (Å²) >= 11 is 0. The van der Waals surface area contributed by atoms with E-state index in [1.807, 2.05) is 6.92 Å². The van der Waals surface area contributed by atoms with Crippen molar-refractivity contribution in [3.8, 4) is 0 Å². The SMILES string of the molecule is CCOC(=O)CC1CCC2CCCC3CCCOC32OO1. The Balaban J connectivity index is 1.66. The van der Waals surface area contributed by atoms with Gasteiger partial charge < -0.3 is 9.47 Å². The van der Waals surface area contributed by atoms with E-state index in [1.54, 1.807) is 0 Å². The largest absolute Gasteiger partial charge is 0.466 e. The number of ether oxygens (including phenoxy) is 2. The Morgan fingerprint density at radius 2 is 1.90 bits per heavy atom. The van der Waals surface area contributed by atoms with Crippen LogP contribution in [-0.4, -0.2) is 31.1 Å². The van der Waals surface area contributed by atoms with E-state index in [0.29, 0.717) is 18.4 Å². The van der Waals surface area contributed by atoms with Gasteiger partial charge in [-0.25, -0.2) is 9.78 Å². The molecular formula is C16H26O5. The first-order valence-corrected chi connectivity index (χ1v) is 8.38. The Hall–Kier alpha value is -0.650. The molecule has 120 valence electrons. The Morgan fingerprint density at radius 1 is 1.14 bits per heavy atom. The molecule has 5 heteroatoms. The van der Waals surface area contributed by atoms with Crippen LogP contribution in [0.5, 0.6) is 0 Å². The van der Waals surface area contributed by atoms with Crippen molar-refractivity contribution in [3.05, 3.63) is 0 Å². The van der Waals surface area contributed by atoms with Gasteiger partial charge in [-0.3, -0.25) is 4.79 Å². The van der Waals surface area contributed by atoms with E-state index in [1.165, 1.54) is 6.42 Å². The van der Waals surface area contributed by atoms with Crippen LogP contribution in [-0.2, 0) is 24.0 Å². The first kappa shape index (κ1) is 15.3. The third-order valence-electron chi connectivity index (χ3n) is 5.12. The molecule has 2 heterocycles. The van der Waals surface area contributed by atoms with Crippen LogP contribution >= 0.6 is 0 Å². The summed E-state index contributed by atoms with van der Waals surface area (Å²) < 4.78 is 11.1. The molecular weight excluding hydrogens is 272 g/mol. The van der Waals surface area contributed by atoms with Crippen LogP contribution in [0, 0.1) is 11.8 Å². The average molecular weight is 298 g/mol.